The van der Waals surface area contributed by atoms with Gasteiger partial charge in [0.25, 0.3) is 0 Å². The van der Waals surface area contributed by atoms with Crippen molar-refractivity contribution >= 4 is 17.4 Å². The first-order valence-corrected chi connectivity index (χ1v) is 4.93. The van der Waals surface area contributed by atoms with Crippen LogP contribution in [0.2, 0.25) is 0 Å². The normalized spacial score (nSPS) is 10.8. The number of hydrogen-bond donors (Lipinski definition) is 0. The maximum Gasteiger partial charge on any atom is 0.160 e. The molecule has 2 heteroatoms. The quantitative estimate of drug-likeness (QED) is 0.698. The summed E-state index contributed by atoms with van der Waals surface area (Å²) < 4.78 is 0. The Labute approximate surface area is 89.4 Å². The third-order valence-electron chi connectivity index (χ3n) is 2.12. The van der Waals surface area contributed by atoms with Gasteiger partial charge < -0.3 is 0 Å². The van der Waals surface area contributed by atoms with Crippen molar-refractivity contribution in [2.24, 2.45) is 0 Å². The first kappa shape index (κ1) is 11.0. The molecule has 1 nitrogen and oxygen atoms in total. The number of aryl methyl sites for hydroxylation is 2. The van der Waals surface area contributed by atoms with E-state index in [9.17, 15) is 4.79 Å². The number of halogens is 1. The van der Waals surface area contributed by atoms with Gasteiger partial charge in [0.05, 0.1) is 0 Å². The average Bonchev–Trinajstić information content (AvgIpc) is 2.12. The number of carbonyl (C=O) groups excluding carboxylic acids is 1. The minimum atomic E-state index is 0.0358. The van der Waals surface area contributed by atoms with Crippen molar-refractivity contribution in [2.45, 2.75) is 20.3 Å². The predicted molar refractivity (Wildman–Crippen MR) is 59.6 cm³/mol. The second-order valence-electron chi connectivity index (χ2n) is 3.37. The van der Waals surface area contributed by atoms with Crippen LogP contribution in [0.4, 0.5) is 0 Å². The lowest BCUT2D eigenvalue weighted by atomic mass is 10.0. The van der Waals surface area contributed by atoms with E-state index in [1.54, 1.807) is 0 Å². The molecule has 0 spiro atoms. The summed E-state index contributed by atoms with van der Waals surface area (Å²) in [6, 6.07) is 6.11. The van der Waals surface area contributed by atoms with Gasteiger partial charge in [-0.3, -0.25) is 4.79 Å². The Balaban J connectivity index is 2.85. The Bertz CT molecular complexity index is 367. The number of hydrogen-bond acceptors (Lipinski definition) is 1. The summed E-state index contributed by atoms with van der Waals surface area (Å²) >= 11 is 5.33. The van der Waals surface area contributed by atoms with Crippen LogP contribution >= 0.6 is 11.6 Å². The van der Waals surface area contributed by atoms with Crippen LogP contribution in [0.25, 0.3) is 0 Å². The lowest BCUT2D eigenvalue weighted by molar-refractivity contribution is -0.114. The third-order valence-corrected chi connectivity index (χ3v) is 2.24. The minimum Gasteiger partial charge on any atom is -0.294 e. The van der Waals surface area contributed by atoms with E-state index < -0.39 is 0 Å². The van der Waals surface area contributed by atoms with E-state index in [0.29, 0.717) is 6.42 Å². The summed E-state index contributed by atoms with van der Waals surface area (Å²) in [5.74, 6) is 0.0358. The number of carbonyl (C=O) groups is 1. The lowest BCUT2D eigenvalue weighted by Gasteiger charge is -2.04. The van der Waals surface area contributed by atoms with E-state index in [0.717, 1.165) is 11.1 Å². The summed E-state index contributed by atoms with van der Waals surface area (Å²) in [4.78, 5) is 11.3. The molecule has 1 rings (SSSR count). The molecule has 0 heterocycles. The maximum atomic E-state index is 11.3. The van der Waals surface area contributed by atoms with E-state index in [-0.39, 0.29) is 5.78 Å². The van der Waals surface area contributed by atoms with E-state index in [1.807, 2.05) is 32.0 Å². The number of allylic oxidation sites excluding steroid dienone is 1. The van der Waals surface area contributed by atoms with Gasteiger partial charge in [0, 0.05) is 12.0 Å². The molecule has 0 unspecified atom stereocenters. The van der Waals surface area contributed by atoms with Crippen LogP contribution in [0.1, 0.15) is 16.7 Å². The summed E-state index contributed by atoms with van der Waals surface area (Å²) in [6.07, 6.45) is 1.82. The van der Waals surface area contributed by atoms with Crippen LogP contribution in [-0.4, -0.2) is 5.78 Å². The topological polar surface area (TPSA) is 17.1 Å². The van der Waals surface area contributed by atoms with Gasteiger partial charge in [0.15, 0.2) is 5.78 Å². The third kappa shape index (κ3) is 3.00. The monoisotopic (exact) mass is 208 g/mol. The van der Waals surface area contributed by atoms with Gasteiger partial charge in [-0.1, -0.05) is 35.4 Å². The fraction of sp³-hybridized carbons (Fsp3) is 0.250. The summed E-state index contributed by atoms with van der Waals surface area (Å²) in [5.41, 5.74) is 4.65. The number of rotatable bonds is 3. The zero-order chi connectivity index (χ0) is 10.6. The standard InChI is InChI=1S/C12H13ClO/c1-9-3-4-10(2)11(7-9)8-12(14)5-6-13/h3-7H,8H2,1-2H3/b6-5+. The average molecular weight is 209 g/mol. The van der Waals surface area contributed by atoms with Crippen molar-refractivity contribution in [3.8, 4) is 0 Å². The second-order valence-corrected chi connectivity index (χ2v) is 3.62. The molecule has 0 aliphatic carbocycles. The first-order chi connectivity index (χ1) is 6.63. The molecule has 0 saturated heterocycles. The molecule has 0 saturated carbocycles. The van der Waals surface area contributed by atoms with Gasteiger partial charge in [-0.15, -0.1) is 0 Å². The molecule has 0 N–H and O–H groups in total. The van der Waals surface area contributed by atoms with Crippen molar-refractivity contribution in [3.63, 3.8) is 0 Å². The van der Waals surface area contributed by atoms with E-state index >= 15 is 0 Å². The Hall–Kier alpha value is -1.08. The van der Waals surface area contributed by atoms with Gasteiger partial charge >= 0.3 is 0 Å². The maximum absolute atomic E-state index is 11.3. The van der Waals surface area contributed by atoms with Gasteiger partial charge in [-0.2, -0.15) is 0 Å². The Kier molecular flexibility index (Phi) is 3.90. The summed E-state index contributed by atoms with van der Waals surface area (Å²) in [5, 5.41) is 0. The van der Waals surface area contributed by atoms with Gasteiger partial charge in [0.1, 0.15) is 0 Å². The van der Waals surface area contributed by atoms with Gasteiger partial charge in [0.2, 0.25) is 0 Å². The molecular formula is C12H13ClO. The second kappa shape index (κ2) is 4.97. The van der Waals surface area contributed by atoms with Crippen molar-refractivity contribution in [3.05, 3.63) is 46.5 Å². The minimum absolute atomic E-state index is 0.0358. The van der Waals surface area contributed by atoms with Crippen molar-refractivity contribution < 1.29 is 4.79 Å². The highest BCUT2D eigenvalue weighted by Gasteiger charge is 2.03. The molecule has 0 amide bonds. The fourth-order valence-corrected chi connectivity index (χ4v) is 1.45. The van der Waals surface area contributed by atoms with E-state index in [4.69, 9.17) is 11.6 Å². The fourth-order valence-electron chi connectivity index (χ4n) is 1.31. The summed E-state index contributed by atoms with van der Waals surface area (Å²) in [7, 11) is 0. The van der Waals surface area contributed by atoms with Crippen molar-refractivity contribution in [1.82, 2.24) is 0 Å². The van der Waals surface area contributed by atoms with Gasteiger partial charge in [-0.05, 0) is 31.1 Å². The van der Waals surface area contributed by atoms with Crippen LogP contribution in [0.5, 0.6) is 0 Å². The van der Waals surface area contributed by atoms with Crippen LogP contribution in [0.3, 0.4) is 0 Å². The molecule has 0 aromatic heterocycles. The molecule has 1 aromatic carbocycles. The SMILES string of the molecule is Cc1ccc(C)c(CC(=O)/C=C/Cl)c1. The van der Waals surface area contributed by atoms with Gasteiger partial charge in [-0.25, -0.2) is 0 Å². The highest BCUT2D eigenvalue weighted by Crippen LogP contribution is 2.11. The molecule has 14 heavy (non-hydrogen) atoms. The highest BCUT2D eigenvalue weighted by atomic mass is 35.5. The Morgan fingerprint density at radius 2 is 2.14 bits per heavy atom. The zero-order valence-electron chi connectivity index (χ0n) is 8.38. The van der Waals surface area contributed by atoms with Crippen molar-refractivity contribution in [1.29, 1.82) is 0 Å². The molecular weight excluding hydrogens is 196 g/mol. The zero-order valence-corrected chi connectivity index (χ0v) is 9.14. The Morgan fingerprint density at radius 1 is 1.43 bits per heavy atom. The lowest BCUT2D eigenvalue weighted by Crippen LogP contribution is -2.00. The summed E-state index contributed by atoms with van der Waals surface area (Å²) in [6.45, 7) is 4.03. The Morgan fingerprint density at radius 3 is 2.79 bits per heavy atom. The smallest absolute Gasteiger partial charge is 0.160 e. The van der Waals surface area contributed by atoms with E-state index in [1.165, 1.54) is 17.2 Å². The number of ketones is 1. The number of benzene rings is 1. The van der Waals surface area contributed by atoms with Crippen molar-refractivity contribution in [2.75, 3.05) is 0 Å². The van der Waals surface area contributed by atoms with Crippen LogP contribution in [0.15, 0.2) is 29.8 Å². The molecule has 0 aliphatic heterocycles. The highest BCUT2D eigenvalue weighted by molar-refractivity contribution is 6.26. The first-order valence-electron chi connectivity index (χ1n) is 4.49. The molecule has 74 valence electrons. The molecule has 1 aromatic rings. The van der Waals surface area contributed by atoms with Crippen LogP contribution < -0.4 is 0 Å². The van der Waals surface area contributed by atoms with Crippen LogP contribution in [0, 0.1) is 13.8 Å². The molecule has 0 bridgehead atoms. The molecule has 0 atom stereocenters. The molecule has 0 fully saturated rings. The largest absolute Gasteiger partial charge is 0.294 e. The molecule has 0 radical (unpaired) electrons. The predicted octanol–water partition coefficient (Wildman–Crippen LogP) is 3.17. The van der Waals surface area contributed by atoms with Crippen LogP contribution in [-0.2, 0) is 11.2 Å². The molecule has 0 aliphatic rings. The van der Waals surface area contributed by atoms with E-state index in [2.05, 4.69) is 0 Å².